The molecule has 0 atom stereocenters. The van der Waals surface area contributed by atoms with Crippen LogP contribution < -0.4 is 10.6 Å². The molecule has 0 radical (unpaired) electrons. The Morgan fingerprint density at radius 1 is 0.600 bits per heavy atom. The van der Waals surface area contributed by atoms with Crippen molar-refractivity contribution >= 4 is 74.2 Å². The molecule has 1 saturated heterocycles. The van der Waals surface area contributed by atoms with Gasteiger partial charge in [0.2, 0.25) is 19.7 Å². The first kappa shape index (κ1) is 54.9. The van der Waals surface area contributed by atoms with E-state index in [2.05, 4.69) is 43.2 Å². The molecule has 1 aliphatic rings. The Morgan fingerprint density at radius 3 is 1.43 bits per heavy atom. The van der Waals surface area contributed by atoms with E-state index in [-0.39, 0.29) is 21.3 Å². The average Bonchev–Trinajstić information content (AvgIpc) is 4.14. The van der Waals surface area contributed by atoms with Crippen molar-refractivity contribution in [3.05, 3.63) is 150 Å². The van der Waals surface area contributed by atoms with Crippen LogP contribution in [0.5, 0.6) is 0 Å². The first-order valence-corrected chi connectivity index (χ1v) is 27.8. The van der Waals surface area contributed by atoms with Crippen molar-refractivity contribution in [3.63, 3.8) is 0 Å². The fourth-order valence-corrected chi connectivity index (χ4v) is 10.1. The van der Waals surface area contributed by atoms with Gasteiger partial charge in [-0.25, -0.2) is 16.8 Å². The second-order valence-electron chi connectivity index (χ2n) is 14.2. The lowest BCUT2D eigenvalue weighted by atomic mass is 10.1. The molecular formula is C49H63IN4O8S3. The number of halogens is 1. The molecule has 5 aromatic carbocycles. The molecule has 0 aliphatic carbocycles. The van der Waals surface area contributed by atoms with Gasteiger partial charge in [-0.15, -0.1) is 0 Å². The Labute approximate surface area is 400 Å². The smallest absolute Gasteiger partial charge is 0.296 e. The third-order valence-electron chi connectivity index (χ3n) is 9.53. The highest BCUT2D eigenvalue weighted by Gasteiger charge is 2.23. The first-order valence-electron chi connectivity index (χ1n) is 21.3. The van der Waals surface area contributed by atoms with E-state index in [1.54, 1.807) is 91.1 Å². The minimum Gasteiger partial charge on any atom is -0.381 e. The number of fused-ring (bicyclic) bond motifs is 2. The van der Waals surface area contributed by atoms with Crippen molar-refractivity contribution in [2.24, 2.45) is 0 Å². The lowest BCUT2D eigenvalue weighted by molar-refractivity contribution is 0.198. The van der Waals surface area contributed by atoms with E-state index < -0.39 is 29.8 Å². The zero-order valence-electron chi connectivity index (χ0n) is 38.2. The van der Waals surface area contributed by atoms with Gasteiger partial charge >= 0.3 is 0 Å². The maximum Gasteiger partial charge on any atom is 0.296 e. The molecule has 3 heterocycles. The lowest BCUT2D eigenvalue weighted by Crippen LogP contribution is -2.10. The Hall–Kier alpha value is -4.40. The van der Waals surface area contributed by atoms with E-state index >= 15 is 0 Å². The number of likely N-dealkylation sites (N-methyl/N-ethyl adjacent to an activating group) is 1. The predicted molar refractivity (Wildman–Crippen MR) is 272 cm³/mol. The lowest BCUT2D eigenvalue weighted by Gasteiger charge is -2.07. The van der Waals surface area contributed by atoms with E-state index in [1.807, 2.05) is 71.1 Å². The number of sulfone groups is 2. The zero-order chi connectivity index (χ0) is 47.9. The molecule has 1 aliphatic heterocycles. The van der Waals surface area contributed by atoms with Crippen LogP contribution in [0.15, 0.2) is 158 Å². The highest BCUT2D eigenvalue weighted by atomic mass is 127. The molecule has 0 amide bonds. The van der Waals surface area contributed by atoms with Crippen molar-refractivity contribution < 1.29 is 34.2 Å². The molecule has 0 spiro atoms. The molecule has 65 heavy (non-hydrogen) atoms. The van der Waals surface area contributed by atoms with Crippen LogP contribution in [-0.2, 0) is 51.6 Å². The van der Waals surface area contributed by atoms with Crippen molar-refractivity contribution in [1.29, 1.82) is 0 Å². The van der Waals surface area contributed by atoms with Crippen molar-refractivity contribution in [3.8, 4) is 0 Å². The van der Waals surface area contributed by atoms with Crippen molar-refractivity contribution in [2.45, 2.75) is 70.9 Å². The highest BCUT2D eigenvalue weighted by Crippen LogP contribution is 2.30. The Bertz CT molecular complexity index is 2790. The topological polar surface area (TPSA) is 177 Å². The molecule has 16 heteroatoms. The summed E-state index contributed by atoms with van der Waals surface area (Å²) in [5.41, 5.74) is 4.48. The van der Waals surface area contributed by atoms with Gasteiger partial charge in [-0.1, -0.05) is 115 Å². The molecule has 2 aromatic heterocycles. The summed E-state index contributed by atoms with van der Waals surface area (Å²) >= 11 is 2.15. The SMILES string of the molecule is C1CCOC1.CC.CI.CNC.CNCCc1ccc2c(S(=O)(=O)c3ccccc3)c[nH]c2c1.Cc1ccc(S(=O)(=O)OCCc2ccc3c(S(=O)(=O)c4ccccc4)c[nH]c3c2)cc1. The largest absolute Gasteiger partial charge is 0.381 e. The molecule has 0 unspecified atom stereocenters. The standard InChI is InChI=1S/C23H21NO5S2.C17H18N2O2S.C4H8O.C2H7N.C2H6.CH3I/c1-17-7-10-20(11-8-17)31(27,28)29-14-13-18-9-12-21-22(15-18)24-16-23(21)30(25,26)19-5-3-2-4-6-19;1-18-10-9-13-7-8-15-16(11-13)19-12-17(15)22(20,21)14-5-3-2-4-6-14;1-2-4-5-3-1;1-3-2;2*1-2/h2-12,15-16,24H,13-14H2,1H3;2-8,11-12,18-19H,9-10H2,1H3;1-4H2;3H,1-2H3;1-2H3;1H3. The summed E-state index contributed by atoms with van der Waals surface area (Å²) in [4.78, 5) is 9.26. The monoisotopic (exact) mass is 1060 g/mol. The van der Waals surface area contributed by atoms with Gasteiger partial charge in [0.25, 0.3) is 10.1 Å². The second-order valence-corrected chi connectivity index (χ2v) is 19.7. The van der Waals surface area contributed by atoms with Gasteiger partial charge in [0.15, 0.2) is 0 Å². The molecule has 12 nitrogen and oxygen atoms in total. The van der Waals surface area contributed by atoms with Crippen LogP contribution in [0.1, 0.15) is 43.4 Å². The summed E-state index contributed by atoms with van der Waals surface area (Å²) in [6.07, 6.45) is 6.89. The number of aromatic nitrogens is 2. The number of rotatable bonds is 12. The number of nitrogens with one attached hydrogen (secondary N) is 4. The summed E-state index contributed by atoms with van der Waals surface area (Å²) in [5, 5.41) is 7.18. The zero-order valence-corrected chi connectivity index (χ0v) is 42.8. The van der Waals surface area contributed by atoms with Gasteiger partial charge in [-0.05, 0) is 125 Å². The number of H-pyrrole nitrogens is 2. The van der Waals surface area contributed by atoms with Crippen molar-refractivity contribution in [1.82, 2.24) is 20.6 Å². The number of ether oxygens (including phenoxy) is 1. The minimum absolute atomic E-state index is 0.0163. The molecule has 7 aromatic rings. The van der Waals surface area contributed by atoms with E-state index in [9.17, 15) is 25.3 Å². The van der Waals surface area contributed by atoms with Gasteiger partial charge in [0.05, 0.1) is 31.1 Å². The number of hydrogen-bond acceptors (Lipinski definition) is 10. The molecule has 4 N–H and O–H groups in total. The van der Waals surface area contributed by atoms with Crippen LogP contribution in [0, 0.1) is 6.92 Å². The number of aromatic amines is 2. The Kier molecular flexibility index (Phi) is 23.6. The van der Waals surface area contributed by atoms with Crippen LogP contribution in [-0.4, -0.2) is 87.7 Å². The summed E-state index contributed by atoms with van der Waals surface area (Å²) in [7, 11) is -5.29. The van der Waals surface area contributed by atoms with Gasteiger partial charge in [-0.2, -0.15) is 8.42 Å². The fourth-order valence-electron chi connectivity index (χ4n) is 6.32. The quantitative estimate of drug-likeness (QED) is 0.0524. The number of hydrogen-bond donors (Lipinski definition) is 4. The molecule has 352 valence electrons. The average molecular weight is 1060 g/mol. The highest BCUT2D eigenvalue weighted by molar-refractivity contribution is 14.1. The minimum atomic E-state index is -3.82. The van der Waals surface area contributed by atoms with E-state index in [1.165, 1.54) is 36.7 Å². The van der Waals surface area contributed by atoms with Crippen molar-refractivity contribution in [2.75, 3.05) is 52.4 Å². The Morgan fingerprint density at radius 2 is 1.03 bits per heavy atom. The third kappa shape index (κ3) is 15.9. The molecule has 8 rings (SSSR count). The number of aryl methyl sites for hydroxylation is 1. The van der Waals surface area contributed by atoms with Crippen LogP contribution in [0.4, 0.5) is 0 Å². The maximum absolute atomic E-state index is 12.9. The molecule has 1 fully saturated rings. The summed E-state index contributed by atoms with van der Waals surface area (Å²) in [6.45, 7) is 8.75. The van der Waals surface area contributed by atoms with E-state index in [4.69, 9.17) is 8.92 Å². The van der Waals surface area contributed by atoms with E-state index in [0.29, 0.717) is 27.1 Å². The van der Waals surface area contributed by atoms with Crippen LogP contribution in [0.3, 0.4) is 0 Å². The normalized spacial score (nSPS) is 12.2. The van der Waals surface area contributed by atoms with Crippen LogP contribution >= 0.6 is 22.6 Å². The summed E-state index contributed by atoms with van der Waals surface area (Å²) in [5.74, 6) is 0. The molecule has 0 saturated carbocycles. The van der Waals surface area contributed by atoms with Gasteiger partial charge in [-0.3, -0.25) is 4.18 Å². The van der Waals surface area contributed by atoms with Crippen LogP contribution in [0.2, 0.25) is 0 Å². The van der Waals surface area contributed by atoms with E-state index in [0.717, 1.165) is 48.2 Å². The van der Waals surface area contributed by atoms with Gasteiger partial charge in [0.1, 0.15) is 0 Å². The van der Waals surface area contributed by atoms with Gasteiger partial charge in [0, 0.05) is 47.4 Å². The second kappa shape index (κ2) is 27.9. The first-order chi connectivity index (χ1) is 31.3. The predicted octanol–water partition coefficient (Wildman–Crippen LogP) is 9.73. The summed E-state index contributed by atoms with van der Waals surface area (Å²) < 4.78 is 86.0. The third-order valence-corrected chi connectivity index (χ3v) is 14.5. The molecular weight excluding hydrogens is 996 g/mol. The summed E-state index contributed by atoms with van der Waals surface area (Å²) in [6, 6.07) is 34.4. The number of alkyl halides is 1. The fraction of sp³-hybridized carbons (Fsp3) is 0.306. The Balaban J connectivity index is 0.000000286. The number of benzene rings is 5. The van der Waals surface area contributed by atoms with Crippen LogP contribution in [0.25, 0.3) is 21.8 Å². The van der Waals surface area contributed by atoms with Gasteiger partial charge < -0.3 is 25.3 Å². The maximum atomic E-state index is 12.9. The molecule has 0 bridgehead atoms.